The lowest BCUT2D eigenvalue weighted by molar-refractivity contribution is -0.123. The second-order valence-electron chi connectivity index (χ2n) is 4.69. The number of nitrogens with one attached hydrogen (secondary N) is 1. The number of hydrazone groups is 1. The molecule has 2 aromatic rings. The number of ether oxygens (including phenoxy) is 3. The van der Waals surface area contributed by atoms with Crippen LogP contribution in [0.1, 0.15) is 5.56 Å². The summed E-state index contributed by atoms with van der Waals surface area (Å²) in [5.74, 6) is 1.23. The van der Waals surface area contributed by atoms with Crippen LogP contribution < -0.4 is 19.6 Å². The second kappa shape index (κ2) is 8.42. The summed E-state index contributed by atoms with van der Waals surface area (Å²) in [6, 6.07) is 11.6. The van der Waals surface area contributed by atoms with Crippen LogP contribution in [0.4, 0.5) is 0 Å². The lowest BCUT2D eigenvalue weighted by atomic mass is 10.2. The topological polar surface area (TPSA) is 89.4 Å². The molecule has 126 valence electrons. The largest absolute Gasteiger partial charge is 0.504 e. The molecule has 0 atom stereocenters. The van der Waals surface area contributed by atoms with Crippen molar-refractivity contribution in [2.45, 2.75) is 0 Å². The van der Waals surface area contributed by atoms with Crippen molar-refractivity contribution in [2.75, 3.05) is 20.8 Å². The first-order valence-electron chi connectivity index (χ1n) is 7.08. The molecule has 7 nitrogen and oxygen atoms in total. The highest BCUT2D eigenvalue weighted by molar-refractivity contribution is 5.83. The Morgan fingerprint density at radius 2 is 1.83 bits per heavy atom. The number of hydrogen-bond donors (Lipinski definition) is 2. The van der Waals surface area contributed by atoms with Crippen molar-refractivity contribution in [3.05, 3.63) is 48.0 Å². The lowest BCUT2D eigenvalue weighted by Crippen LogP contribution is -2.24. The normalized spacial score (nSPS) is 10.4. The number of methoxy groups -OCH3 is 2. The molecular formula is C17H18N2O5. The highest BCUT2D eigenvalue weighted by atomic mass is 16.5. The van der Waals surface area contributed by atoms with Crippen LogP contribution in [0.25, 0.3) is 0 Å². The zero-order chi connectivity index (χ0) is 17.4. The molecule has 0 saturated carbocycles. The van der Waals surface area contributed by atoms with Crippen molar-refractivity contribution < 1.29 is 24.1 Å². The number of aromatic hydroxyl groups is 1. The van der Waals surface area contributed by atoms with E-state index < -0.39 is 5.91 Å². The maximum absolute atomic E-state index is 11.7. The van der Waals surface area contributed by atoms with E-state index in [2.05, 4.69) is 10.5 Å². The molecule has 2 N–H and O–H groups in total. The first kappa shape index (κ1) is 17.1. The van der Waals surface area contributed by atoms with E-state index in [0.717, 1.165) is 0 Å². The van der Waals surface area contributed by atoms with Crippen LogP contribution in [0.15, 0.2) is 47.6 Å². The minimum Gasteiger partial charge on any atom is -0.504 e. The molecule has 0 fully saturated rings. The van der Waals surface area contributed by atoms with E-state index in [1.165, 1.54) is 19.4 Å². The third-order valence-electron chi connectivity index (χ3n) is 3.04. The van der Waals surface area contributed by atoms with Gasteiger partial charge in [-0.3, -0.25) is 4.79 Å². The maximum Gasteiger partial charge on any atom is 0.277 e. The molecule has 0 spiro atoms. The number of carbonyl (C=O) groups is 1. The molecule has 0 unspecified atom stereocenters. The summed E-state index contributed by atoms with van der Waals surface area (Å²) < 4.78 is 15.4. The molecule has 1 amide bonds. The molecule has 0 radical (unpaired) electrons. The van der Waals surface area contributed by atoms with E-state index in [1.807, 2.05) is 0 Å². The highest BCUT2D eigenvalue weighted by Gasteiger charge is 2.03. The number of nitrogens with zero attached hydrogens (tertiary/aromatic N) is 1. The van der Waals surface area contributed by atoms with Gasteiger partial charge in [0.25, 0.3) is 5.91 Å². The Balaban J connectivity index is 1.81. The third-order valence-corrected chi connectivity index (χ3v) is 3.04. The molecule has 2 rings (SSSR count). The van der Waals surface area contributed by atoms with Gasteiger partial charge in [-0.15, -0.1) is 0 Å². The maximum atomic E-state index is 11.7. The predicted octanol–water partition coefficient (Wildman–Crippen LogP) is 1.94. The molecule has 0 saturated heterocycles. The van der Waals surface area contributed by atoms with Crippen LogP contribution in [0.5, 0.6) is 23.0 Å². The van der Waals surface area contributed by atoms with Gasteiger partial charge in [0.15, 0.2) is 18.1 Å². The lowest BCUT2D eigenvalue weighted by Gasteiger charge is -2.06. The van der Waals surface area contributed by atoms with Crippen molar-refractivity contribution in [1.29, 1.82) is 0 Å². The average molecular weight is 330 g/mol. The van der Waals surface area contributed by atoms with Gasteiger partial charge in [-0.25, -0.2) is 5.43 Å². The van der Waals surface area contributed by atoms with Crippen molar-refractivity contribution in [2.24, 2.45) is 5.10 Å². The van der Waals surface area contributed by atoms with Crippen molar-refractivity contribution >= 4 is 12.1 Å². The molecule has 0 aliphatic rings. The van der Waals surface area contributed by atoms with Crippen LogP contribution in [0.2, 0.25) is 0 Å². The van der Waals surface area contributed by atoms with E-state index in [-0.39, 0.29) is 12.4 Å². The molecule has 7 heteroatoms. The monoisotopic (exact) mass is 330 g/mol. The number of carbonyl (C=O) groups excluding carboxylic acids is 1. The van der Waals surface area contributed by atoms with Crippen molar-refractivity contribution in [3.63, 3.8) is 0 Å². The molecular weight excluding hydrogens is 312 g/mol. The molecule has 0 bridgehead atoms. The number of benzene rings is 2. The quantitative estimate of drug-likeness (QED) is 0.598. The van der Waals surface area contributed by atoms with Crippen LogP contribution in [-0.2, 0) is 4.79 Å². The summed E-state index contributed by atoms with van der Waals surface area (Å²) in [5, 5.41) is 13.3. The van der Waals surface area contributed by atoms with Crippen molar-refractivity contribution in [3.8, 4) is 23.0 Å². The molecule has 0 aromatic heterocycles. The van der Waals surface area contributed by atoms with Gasteiger partial charge in [-0.05, 0) is 48.0 Å². The Kier molecular flexibility index (Phi) is 6.01. The molecule has 24 heavy (non-hydrogen) atoms. The van der Waals surface area contributed by atoms with E-state index >= 15 is 0 Å². The number of phenolic OH excluding ortho intramolecular Hbond substituents is 1. The minimum absolute atomic E-state index is 0.0339. The zero-order valence-corrected chi connectivity index (χ0v) is 13.4. The Morgan fingerprint density at radius 1 is 1.12 bits per heavy atom. The Labute approximate surface area is 139 Å². The minimum atomic E-state index is -0.396. The van der Waals surface area contributed by atoms with Gasteiger partial charge in [0.2, 0.25) is 0 Å². The Morgan fingerprint density at radius 3 is 2.50 bits per heavy atom. The van der Waals surface area contributed by atoms with E-state index in [9.17, 15) is 9.90 Å². The summed E-state index contributed by atoms with van der Waals surface area (Å²) in [6.45, 7) is -0.164. The molecule has 2 aromatic carbocycles. The van der Waals surface area contributed by atoms with Gasteiger partial charge in [0, 0.05) is 0 Å². The standard InChI is InChI=1S/C17H18N2O5/c1-22-13-4-6-14(7-5-13)24-11-17(21)19-18-10-12-3-8-15(20)16(9-12)23-2/h3-10,20H,11H2,1-2H3,(H,19,21)/b18-10+. The summed E-state index contributed by atoms with van der Waals surface area (Å²) in [7, 11) is 3.03. The second-order valence-corrected chi connectivity index (χ2v) is 4.69. The van der Waals surface area contributed by atoms with Crippen LogP contribution in [0.3, 0.4) is 0 Å². The smallest absolute Gasteiger partial charge is 0.277 e. The SMILES string of the molecule is COc1ccc(OCC(=O)N/N=C/c2ccc(O)c(OC)c2)cc1. The van der Waals surface area contributed by atoms with Gasteiger partial charge < -0.3 is 19.3 Å². The average Bonchev–Trinajstić information content (AvgIpc) is 2.61. The fourth-order valence-electron chi connectivity index (χ4n) is 1.81. The number of phenols is 1. The first-order chi connectivity index (χ1) is 11.6. The summed E-state index contributed by atoms with van der Waals surface area (Å²) in [4.78, 5) is 11.7. The summed E-state index contributed by atoms with van der Waals surface area (Å²) in [6.07, 6.45) is 1.44. The number of hydrogen-bond acceptors (Lipinski definition) is 6. The number of amides is 1. The highest BCUT2D eigenvalue weighted by Crippen LogP contribution is 2.25. The molecule has 0 aliphatic heterocycles. The van der Waals surface area contributed by atoms with Gasteiger partial charge in [0.1, 0.15) is 11.5 Å². The van der Waals surface area contributed by atoms with E-state index in [0.29, 0.717) is 22.8 Å². The fourth-order valence-corrected chi connectivity index (χ4v) is 1.81. The fraction of sp³-hybridized carbons (Fsp3) is 0.176. The first-order valence-corrected chi connectivity index (χ1v) is 7.08. The summed E-state index contributed by atoms with van der Waals surface area (Å²) >= 11 is 0. The van der Waals surface area contributed by atoms with Gasteiger partial charge in [-0.2, -0.15) is 5.10 Å². The van der Waals surface area contributed by atoms with Crippen molar-refractivity contribution in [1.82, 2.24) is 5.43 Å². The van der Waals surface area contributed by atoms with Gasteiger partial charge >= 0.3 is 0 Å². The van der Waals surface area contributed by atoms with E-state index in [1.54, 1.807) is 43.5 Å². The molecule has 0 aliphatic carbocycles. The van der Waals surface area contributed by atoms with E-state index in [4.69, 9.17) is 14.2 Å². The Hall–Kier alpha value is -3.22. The van der Waals surface area contributed by atoms with Crippen LogP contribution >= 0.6 is 0 Å². The Bertz CT molecular complexity index is 713. The van der Waals surface area contributed by atoms with Crippen LogP contribution in [0, 0.1) is 0 Å². The predicted molar refractivity (Wildman–Crippen MR) is 88.9 cm³/mol. The number of rotatable bonds is 7. The summed E-state index contributed by atoms with van der Waals surface area (Å²) in [5.41, 5.74) is 3.02. The van der Waals surface area contributed by atoms with Crippen LogP contribution in [-0.4, -0.2) is 38.1 Å². The third kappa shape index (κ3) is 4.91. The van der Waals surface area contributed by atoms with Gasteiger partial charge in [0.05, 0.1) is 20.4 Å². The molecule has 0 heterocycles. The zero-order valence-electron chi connectivity index (χ0n) is 13.4. The van der Waals surface area contributed by atoms with Gasteiger partial charge in [-0.1, -0.05) is 0 Å².